The molecule has 3 rings (SSSR count). The molecule has 4 heteroatoms. The maximum atomic E-state index is 5.98. The summed E-state index contributed by atoms with van der Waals surface area (Å²) in [5.41, 5.74) is 1.05. The molecule has 1 aromatic heterocycles. The fourth-order valence-corrected chi connectivity index (χ4v) is 2.64. The molecular formula is C17H14BrNO2. The van der Waals surface area contributed by atoms with Gasteiger partial charge in [-0.1, -0.05) is 15.9 Å². The Hall–Kier alpha value is -2.07. The highest BCUT2D eigenvalue weighted by Gasteiger charge is 2.08. The first-order chi connectivity index (χ1) is 10.2. The molecule has 0 aliphatic rings. The molecule has 0 bridgehead atoms. The lowest BCUT2D eigenvalue weighted by Crippen LogP contribution is -1.92. The number of hydrogen-bond donors (Lipinski definition) is 0. The van der Waals surface area contributed by atoms with E-state index in [0.717, 1.165) is 32.3 Å². The van der Waals surface area contributed by atoms with Crippen LogP contribution >= 0.6 is 15.9 Å². The zero-order valence-corrected chi connectivity index (χ0v) is 13.3. The van der Waals surface area contributed by atoms with Crippen molar-refractivity contribution in [2.75, 3.05) is 7.11 Å². The van der Waals surface area contributed by atoms with Gasteiger partial charge in [-0.15, -0.1) is 0 Å². The first-order valence-electron chi connectivity index (χ1n) is 6.54. The van der Waals surface area contributed by atoms with Crippen LogP contribution in [0.25, 0.3) is 10.8 Å². The molecule has 1 heterocycles. The van der Waals surface area contributed by atoms with Gasteiger partial charge in [0.1, 0.15) is 11.5 Å². The lowest BCUT2D eigenvalue weighted by molar-refractivity contribution is 0.415. The van der Waals surface area contributed by atoms with Crippen molar-refractivity contribution in [1.82, 2.24) is 4.98 Å². The predicted molar refractivity (Wildman–Crippen MR) is 87.2 cm³/mol. The van der Waals surface area contributed by atoms with E-state index in [0.29, 0.717) is 5.88 Å². The third-order valence-electron chi connectivity index (χ3n) is 3.28. The minimum Gasteiger partial charge on any atom is -0.497 e. The molecule has 0 saturated carbocycles. The Labute approximate surface area is 131 Å². The van der Waals surface area contributed by atoms with Gasteiger partial charge in [-0.3, -0.25) is 0 Å². The van der Waals surface area contributed by atoms with Gasteiger partial charge < -0.3 is 9.47 Å². The maximum absolute atomic E-state index is 5.98. The van der Waals surface area contributed by atoms with Crippen molar-refractivity contribution in [3.63, 3.8) is 0 Å². The Balaban J connectivity index is 2.04. The van der Waals surface area contributed by atoms with E-state index in [1.165, 1.54) is 0 Å². The van der Waals surface area contributed by atoms with Gasteiger partial charge in [0.2, 0.25) is 5.88 Å². The molecule has 0 atom stereocenters. The van der Waals surface area contributed by atoms with Crippen molar-refractivity contribution >= 4 is 26.7 Å². The number of pyridine rings is 1. The molecule has 2 aromatic carbocycles. The maximum Gasteiger partial charge on any atom is 0.227 e. The van der Waals surface area contributed by atoms with E-state index in [4.69, 9.17) is 9.47 Å². The number of hydrogen-bond acceptors (Lipinski definition) is 3. The molecule has 0 radical (unpaired) electrons. The third-order valence-corrected chi connectivity index (χ3v) is 3.77. The second kappa shape index (κ2) is 5.74. The van der Waals surface area contributed by atoms with Crippen LogP contribution in [0.15, 0.2) is 53.1 Å². The van der Waals surface area contributed by atoms with Crippen LogP contribution in [-0.2, 0) is 0 Å². The quantitative estimate of drug-likeness (QED) is 0.662. The van der Waals surface area contributed by atoms with E-state index in [1.54, 1.807) is 13.3 Å². The summed E-state index contributed by atoms with van der Waals surface area (Å²) >= 11 is 3.45. The van der Waals surface area contributed by atoms with Crippen molar-refractivity contribution in [1.29, 1.82) is 0 Å². The van der Waals surface area contributed by atoms with Crippen LogP contribution in [0.5, 0.6) is 17.4 Å². The van der Waals surface area contributed by atoms with E-state index in [-0.39, 0.29) is 0 Å². The second-order valence-electron chi connectivity index (χ2n) is 4.72. The Kier molecular flexibility index (Phi) is 3.80. The highest BCUT2D eigenvalue weighted by Crippen LogP contribution is 2.32. The van der Waals surface area contributed by atoms with Gasteiger partial charge in [0, 0.05) is 16.1 Å². The van der Waals surface area contributed by atoms with E-state index in [1.807, 2.05) is 49.4 Å². The van der Waals surface area contributed by atoms with Crippen molar-refractivity contribution in [2.24, 2.45) is 0 Å². The number of nitrogens with zero attached hydrogens (tertiary/aromatic N) is 1. The molecule has 0 unspecified atom stereocenters. The topological polar surface area (TPSA) is 31.4 Å². The summed E-state index contributed by atoms with van der Waals surface area (Å²) in [4.78, 5) is 4.35. The molecule has 0 fully saturated rings. The lowest BCUT2D eigenvalue weighted by atomic mass is 10.1. The molecule has 3 aromatic rings. The number of fused-ring (bicyclic) bond motifs is 1. The van der Waals surface area contributed by atoms with Crippen molar-refractivity contribution in [2.45, 2.75) is 6.92 Å². The minimum absolute atomic E-state index is 0.598. The van der Waals surface area contributed by atoms with Crippen LogP contribution < -0.4 is 9.47 Å². The van der Waals surface area contributed by atoms with E-state index < -0.39 is 0 Å². The van der Waals surface area contributed by atoms with Crippen molar-refractivity contribution < 1.29 is 9.47 Å². The minimum atomic E-state index is 0.598. The normalized spacial score (nSPS) is 10.6. The summed E-state index contributed by atoms with van der Waals surface area (Å²) < 4.78 is 12.3. The van der Waals surface area contributed by atoms with Gasteiger partial charge >= 0.3 is 0 Å². The number of aromatic nitrogens is 1. The van der Waals surface area contributed by atoms with Crippen LogP contribution in [0.2, 0.25) is 0 Å². The molecule has 0 saturated heterocycles. The zero-order chi connectivity index (χ0) is 14.8. The van der Waals surface area contributed by atoms with E-state index in [9.17, 15) is 0 Å². The number of ether oxygens (including phenoxy) is 2. The first-order valence-corrected chi connectivity index (χ1v) is 7.33. The SMILES string of the molecule is COc1ccc2c(Oc3ccc(Br)cc3C)nccc2c1. The third kappa shape index (κ3) is 2.85. The molecule has 0 spiro atoms. The van der Waals surface area contributed by atoms with Gasteiger partial charge in [-0.2, -0.15) is 0 Å². The van der Waals surface area contributed by atoms with E-state index in [2.05, 4.69) is 20.9 Å². The summed E-state index contributed by atoms with van der Waals surface area (Å²) in [5, 5.41) is 2.00. The van der Waals surface area contributed by atoms with Crippen LogP contribution in [0, 0.1) is 6.92 Å². The predicted octanol–water partition coefficient (Wildman–Crippen LogP) is 5.11. The largest absolute Gasteiger partial charge is 0.497 e. The van der Waals surface area contributed by atoms with Gasteiger partial charge in [-0.25, -0.2) is 4.98 Å². The van der Waals surface area contributed by atoms with Gasteiger partial charge in [0.15, 0.2) is 0 Å². The van der Waals surface area contributed by atoms with Crippen LogP contribution in [0.1, 0.15) is 5.56 Å². The smallest absolute Gasteiger partial charge is 0.227 e. The molecule has 21 heavy (non-hydrogen) atoms. The average Bonchev–Trinajstić information content (AvgIpc) is 2.49. The van der Waals surface area contributed by atoms with Gasteiger partial charge in [0.25, 0.3) is 0 Å². The molecule has 0 aliphatic heterocycles. The summed E-state index contributed by atoms with van der Waals surface area (Å²) in [5.74, 6) is 2.22. The average molecular weight is 344 g/mol. The zero-order valence-electron chi connectivity index (χ0n) is 11.8. The Morgan fingerprint density at radius 2 is 1.90 bits per heavy atom. The molecule has 0 N–H and O–H groups in total. The van der Waals surface area contributed by atoms with Crippen LogP contribution in [-0.4, -0.2) is 12.1 Å². The highest BCUT2D eigenvalue weighted by atomic mass is 79.9. The van der Waals surface area contributed by atoms with E-state index >= 15 is 0 Å². The number of benzene rings is 2. The summed E-state index contributed by atoms with van der Waals surface area (Å²) in [7, 11) is 1.66. The Bertz CT molecular complexity index is 802. The Morgan fingerprint density at radius 1 is 1.05 bits per heavy atom. The monoisotopic (exact) mass is 343 g/mol. The van der Waals surface area contributed by atoms with Crippen molar-refractivity contribution in [3.8, 4) is 17.4 Å². The first kappa shape index (κ1) is 13.9. The number of aryl methyl sites for hydroxylation is 1. The fraction of sp³-hybridized carbons (Fsp3) is 0.118. The lowest BCUT2D eigenvalue weighted by Gasteiger charge is -2.11. The summed E-state index contributed by atoms with van der Waals surface area (Å²) in [6.45, 7) is 2.01. The molecular weight excluding hydrogens is 330 g/mol. The fourth-order valence-electron chi connectivity index (χ4n) is 2.17. The van der Waals surface area contributed by atoms with Crippen molar-refractivity contribution in [3.05, 3.63) is 58.7 Å². The van der Waals surface area contributed by atoms with Crippen LogP contribution in [0.4, 0.5) is 0 Å². The number of methoxy groups -OCH3 is 1. The van der Waals surface area contributed by atoms with Crippen LogP contribution in [0.3, 0.4) is 0 Å². The molecule has 106 valence electrons. The molecule has 0 aliphatic carbocycles. The summed E-state index contributed by atoms with van der Waals surface area (Å²) in [6.07, 6.45) is 1.74. The Morgan fingerprint density at radius 3 is 2.67 bits per heavy atom. The highest BCUT2D eigenvalue weighted by molar-refractivity contribution is 9.10. The standard InChI is InChI=1S/C17H14BrNO2/c1-11-9-13(18)3-6-16(11)21-17-15-5-4-14(20-2)10-12(15)7-8-19-17/h3-10H,1-2H3. The molecule has 3 nitrogen and oxygen atoms in total. The van der Waals surface area contributed by atoms with Gasteiger partial charge in [-0.05, 0) is 60.3 Å². The second-order valence-corrected chi connectivity index (χ2v) is 5.63. The number of rotatable bonds is 3. The summed E-state index contributed by atoms with van der Waals surface area (Å²) in [6, 6.07) is 13.7. The number of halogens is 1. The van der Waals surface area contributed by atoms with Gasteiger partial charge in [0.05, 0.1) is 7.11 Å². The molecule has 0 amide bonds.